The molecular formula is C12H7F4N3O. The number of para-hydroxylation sites is 2. The van der Waals surface area contributed by atoms with E-state index in [2.05, 4.69) is 14.7 Å². The molecule has 0 N–H and O–H groups in total. The van der Waals surface area contributed by atoms with Crippen molar-refractivity contribution in [1.82, 2.24) is 14.4 Å². The van der Waals surface area contributed by atoms with E-state index in [0.29, 0.717) is 5.52 Å². The first kappa shape index (κ1) is 12.6. The predicted octanol–water partition coefficient (Wildman–Crippen LogP) is 3.05. The van der Waals surface area contributed by atoms with Crippen LogP contribution in [-0.2, 0) is 6.18 Å². The zero-order valence-corrected chi connectivity index (χ0v) is 10.1. The normalized spacial score (nSPS) is 12.2. The molecule has 2 heterocycles. The summed E-state index contributed by atoms with van der Waals surface area (Å²) in [4.78, 5) is 7.60. The van der Waals surface area contributed by atoms with E-state index >= 15 is 0 Å². The molecule has 0 aliphatic heterocycles. The lowest BCUT2D eigenvalue weighted by molar-refractivity contribution is -0.142. The van der Waals surface area contributed by atoms with Crippen LogP contribution in [0, 0.1) is 5.95 Å². The molecule has 8 heteroatoms. The van der Waals surface area contributed by atoms with Crippen LogP contribution in [0.5, 0.6) is 5.88 Å². The van der Waals surface area contributed by atoms with Crippen molar-refractivity contribution in [1.29, 1.82) is 0 Å². The summed E-state index contributed by atoms with van der Waals surface area (Å²) >= 11 is 0. The average Bonchev–Trinajstić information content (AvgIpc) is 2.75. The van der Waals surface area contributed by atoms with Crippen LogP contribution >= 0.6 is 0 Å². The van der Waals surface area contributed by atoms with E-state index in [1.165, 1.54) is 6.07 Å². The average molecular weight is 285 g/mol. The standard InChI is InChI=1S/C12H7F4N3O/c1-20-10-8(12(14,15)16)9(13)19-7-5-3-2-4-6(7)17-11(19)18-10/h2-5H,1H3. The number of ether oxygens (including phenoxy) is 1. The molecule has 0 aliphatic carbocycles. The molecule has 4 nitrogen and oxygen atoms in total. The monoisotopic (exact) mass is 285 g/mol. The van der Waals surface area contributed by atoms with E-state index in [0.717, 1.165) is 11.5 Å². The Morgan fingerprint density at radius 1 is 1.15 bits per heavy atom. The topological polar surface area (TPSA) is 39.4 Å². The van der Waals surface area contributed by atoms with E-state index < -0.39 is 23.6 Å². The predicted molar refractivity (Wildman–Crippen MR) is 62.0 cm³/mol. The maximum absolute atomic E-state index is 14.3. The fourth-order valence-electron chi connectivity index (χ4n) is 2.01. The van der Waals surface area contributed by atoms with Crippen molar-refractivity contribution in [3.05, 3.63) is 35.8 Å². The molecule has 0 bridgehead atoms. The van der Waals surface area contributed by atoms with Crippen molar-refractivity contribution in [3.8, 4) is 5.88 Å². The Morgan fingerprint density at radius 2 is 1.85 bits per heavy atom. The summed E-state index contributed by atoms with van der Waals surface area (Å²) in [6.45, 7) is 0. The number of methoxy groups -OCH3 is 1. The molecule has 104 valence electrons. The first-order chi connectivity index (χ1) is 9.43. The second kappa shape index (κ2) is 4.06. The smallest absolute Gasteiger partial charge is 0.425 e. The van der Waals surface area contributed by atoms with Gasteiger partial charge in [0.25, 0.3) is 0 Å². The van der Waals surface area contributed by atoms with Crippen molar-refractivity contribution >= 4 is 16.8 Å². The van der Waals surface area contributed by atoms with E-state index in [4.69, 9.17) is 0 Å². The first-order valence-electron chi connectivity index (χ1n) is 5.51. The summed E-state index contributed by atoms with van der Waals surface area (Å²) in [5, 5.41) is 0. The molecule has 3 rings (SSSR count). The Kier molecular flexibility index (Phi) is 2.56. The molecule has 2 aromatic heterocycles. The summed E-state index contributed by atoms with van der Waals surface area (Å²) < 4.78 is 58.3. The van der Waals surface area contributed by atoms with Gasteiger partial charge in [0, 0.05) is 0 Å². The van der Waals surface area contributed by atoms with Gasteiger partial charge in [-0.2, -0.15) is 22.5 Å². The molecular weight excluding hydrogens is 278 g/mol. The number of halogens is 4. The third-order valence-corrected chi connectivity index (χ3v) is 2.84. The molecule has 0 radical (unpaired) electrons. The minimum Gasteiger partial charge on any atom is -0.480 e. The molecule has 0 fully saturated rings. The second-order valence-corrected chi connectivity index (χ2v) is 4.02. The fraction of sp³-hybridized carbons (Fsp3) is 0.167. The van der Waals surface area contributed by atoms with E-state index in [9.17, 15) is 17.6 Å². The second-order valence-electron chi connectivity index (χ2n) is 4.02. The Morgan fingerprint density at radius 3 is 2.50 bits per heavy atom. The lowest BCUT2D eigenvalue weighted by atomic mass is 10.3. The van der Waals surface area contributed by atoms with E-state index in [1.807, 2.05) is 0 Å². The number of nitrogens with zero attached hydrogens (tertiary/aromatic N) is 3. The molecule has 0 saturated carbocycles. The molecule has 3 aromatic rings. The Labute approximate surface area is 109 Å². The van der Waals surface area contributed by atoms with Crippen molar-refractivity contribution in [2.45, 2.75) is 6.18 Å². The van der Waals surface area contributed by atoms with Crippen molar-refractivity contribution < 1.29 is 22.3 Å². The number of hydrogen-bond acceptors (Lipinski definition) is 3. The molecule has 0 saturated heterocycles. The highest BCUT2D eigenvalue weighted by Gasteiger charge is 2.41. The zero-order chi connectivity index (χ0) is 14.5. The highest BCUT2D eigenvalue weighted by Crippen LogP contribution is 2.37. The van der Waals surface area contributed by atoms with Crippen LogP contribution in [0.1, 0.15) is 5.56 Å². The van der Waals surface area contributed by atoms with Gasteiger partial charge >= 0.3 is 6.18 Å². The van der Waals surface area contributed by atoms with Crippen LogP contribution in [-0.4, -0.2) is 21.5 Å². The van der Waals surface area contributed by atoms with Crippen molar-refractivity contribution in [3.63, 3.8) is 0 Å². The number of benzene rings is 1. The van der Waals surface area contributed by atoms with Gasteiger partial charge in [0.15, 0.2) is 5.56 Å². The Balaban J connectivity index is 2.51. The zero-order valence-electron chi connectivity index (χ0n) is 10.1. The van der Waals surface area contributed by atoms with Gasteiger partial charge in [0.1, 0.15) is 0 Å². The SMILES string of the molecule is COc1nc2nc3ccccc3n2c(F)c1C(F)(F)F. The number of imidazole rings is 1. The van der Waals surface area contributed by atoms with Crippen LogP contribution in [0.2, 0.25) is 0 Å². The number of hydrogen-bond donors (Lipinski definition) is 0. The minimum absolute atomic E-state index is 0.187. The number of aromatic nitrogens is 3. The fourth-order valence-corrected chi connectivity index (χ4v) is 2.01. The number of alkyl halides is 3. The van der Waals surface area contributed by atoms with E-state index in [-0.39, 0.29) is 11.3 Å². The molecule has 0 unspecified atom stereocenters. The van der Waals surface area contributed by atoms with Gasteiger partial charge in [0.05, 0.1) is 18.1 Å². The van der Waals surface area contributed by atoms with Crippen LogP contribution < -0.4 is 4.74 Å². The molecule has 0 aliphatic rings. The van der Waals surface area contributed by atoms with Crippen LogP contribution in [0.25, 0.3) is 16.8 Å². The summed E-state index contributed by atoms with van der Waals surface area (Å²) in [6.07, 6.45) is -4.91. The molecule has 1 aromatic carbocycles. The first-order valence-corrected chi connectivity index (χ1v) is 5.51. The summed E-state index contributed by atoms with van der Waals surface area (Å²) in [5.74, 6) is -2.51. The lowest BCUT2D eigenvalue weighted by Crippen LogP contribution is -2.15. The molecule has 0 spiro atoms. The largest absolute Gasteiger partial charge is 0.480 e. The number of rotatable bonds is 1. The Bertz CT molecular complexity index is 810. The maximum Gasteiger partial charge on any atom is 0.425 e. The lowest BCUT2D eigenvalue weighted by Gasteiger charge is -2.12. The maximum atomic E-state index is 14.3. The summed E-state index contributed by atoms with van der Waals surface area (Å²) in [5.41, 5.74) is -0.989. The van der Waals surface area contributed by atoms with Crippen LogP contribution in [0.3, 0.4) is 0 Å². The molecule has 0 amide bonds. The van der Waals surface area contributed by atoms with Gasteiger partial charge in [-0.05, 0) is 12.1 Å². The van der Waals surface area contributed by atoms with Crippen molar-refractivity contribution in [2.75, 3.05) is 7.11 Å². The van der Waals surface area contributed by atoms with Crippen LogP contribution in [0.4, 0.5) is 17.6 Å². The van der Waals surface area contributed by atoms with E-state index in [1.54, 1.807) is 18.2 Å². The molecule has 20 heavy (non-hydrogen) atoms. The molecule has 0 atom stereocenters. The summed E-state index contributed by atoms with van der Waals surface area (Å²) in [6, 6.07) is 6.25. The minimum atomic E-state index is -4.91. The van der Waals surface area contributed by atoms with Crippen molar-refractivity contribution in [2.24, 2.45) is 0 Å². The van der Waals surface area contributed by atoms with Crippen LogP contribution in [0.15, 0.2) is 24.3 Å². The summed E-state index contributed by atoms with van der Waals surface area (Å²) in [7, 11) is 0.996. The third-order valence-electron chi connectivity index (χ3n) is 2.84. The van der Waals surface area contributed by atoms with Gasteiger partial charge < -0.3 is 4.74 Å². The quantitative estimate of drug-likeness (QED) is 0.509. The number of fused-ring (bicyclic) bond motifs is 3. The third kappa shape index (κ3) is 1.68. The Hall–Kier alpha value is -2.38. The highest BCUT2D eigenvalue weighted by atomic mass is 19.4. The highest BCUT2D eigenvalue weighted by molar-refractivity contribution is 5.79. The van der Waals surface area contributed by atoms with Gasteiger partial charge in [-0.1, -0.05) is 12.1 Å². The van der Waals surface area contributed by atoms with Gasteiger partial charge in [-0.25, -0.2) is 4.98 Å². The van der Waals surface area contributed by atoms with Gasteiger partial charge in [-0.3, -0.25) is 4.40 Å². The van der Waals surface area contributed by atoms with Gasteiger partial charge in [0.2, 0.25) is 17.6 Å². The van der Waals surface area contributed by atoms with Gasteiger partial charge in [-0.15, -0.1) is 0 Å².